The van der Waals surface area contributed by atoms with Crippen LogP contribution in [0.3, 0.4) is 0 Å². The summed E-state index contributed by atoms with van der Waals surface area (Å²) in [5, 5.41) is 0.908. The molecule has 0 spiro atoms. The van der Waals surface area contributed by atoms with E-state index in [0.717, 1.165) is 41.4 Å². The number of alkyl halides is 3. The number of aromatic amines is 1. The van der Waals surface area contributed by atoms with Gasteiger partial charge in [-0.2, -0.15) is 13.2 Å². The second kappa shape index (κ2) is 7.70. The first-order valence-corrected chi connectivity index (χ1v) is 9.90. The monoisotopic (exact) mass is 416 g/mol. The average molecular weight is 416 g/mol. The largest absolute Gasteiger partial charge is 0.497 e. The predicted octanol–water partition coefficient (Wildman–Crippen LogP) is 5.49. The highest BCUT2D eigenvalue weighted by Crippen LogP contribution is 2.37. The minimum absolute atomic E-state index is 0.0711. The molecule has 1 N–H and O–H groups in total. The van der Waals surface area contributed by atoms with Gasteiger partial charge in [0.2, 0.25) is 5.91 Å². The van der Waals surface area contributed by atoms with Crippen molar-refractivity contribution in [2.45, 2.75) is 44.4 Å². The van der Waals surface area contributed by atoms with Gasteiger partial charge in [-0.3, -0.25) is 4.79 Å². The van der Waals surface area contributed by atoms with E-state index >= 15 is 0 Å². The summed E-state index contributed by atoms with van der Waals surface area (Å²) in [5.41, 5.74) is 1.54. The lowest BCUT2D eigenvalue weighted by molar-refractivity contribution is -0.137. The number of hydrogen-bond acceptors (Lipinski definition) is 2. The maximum atomic E-state index is 13.2. The third kappa shape index (κ3) is 4.01. The number of fused-ring (bicyclic) bond motifs is 1. The maximum absolute atomic E-state index is 13.2. The molecule has 30 heavy (non-hydrogen) atoms. The van der Waals surface area contributed by atoms with Crippen LogP contribution >= 0.6 is 0 Å². The fourth-order valence-corrected chi connectivity index (χ4v) is 3.91. The maximum Gasteiger partial charge on any atom is 0.416 e. The van der Waals surface area contributed by atoms with Crippen molar-refractivity contribution in [3.8, 4) is 5.75 Å². The Balaban J connectivity index is 1.60. The van der Waals surface area contributed by atoms with Gasteiger partial charge >= 0.3 is 6.18 Å². The molecule has 7 heteroatoms. The van der Waals surface area contributed by atoms with E-state index in [1.807, 2.05) is 24.4 Å². The Bertz CT molecular complexity index is 1070. The lowest BCUT2D eigenvalue weighted by Gasteiger charge is -2.30. The van der Waals surface area contributed by atoms with Gasteiger partial charge in [-0.05, 0) is 61.2 Å². The number of nitrogens with zero attached hydrogens (tertiary/aromatic N) is 1. The van der Waals surface area contributed by atoms with Crippen LogP contribution in [0.1, 0.15) is 42.5 Å². The number of methoxy groups -OCH3 is 1. The molecular weight excluding hydrogens is 393 g/mol. The highest BCUT2D eigenvalue weighted by atomic mass is 19.4. The summed E-state index contributed by atoms with van der Waals surface area (Å²) in [4.78, 5) is 18.2. The van der Waals surface area contributed by atoms with Crippen molar-refractivity contribution < 1.29 is 22.7 Å². The van der Waals surface area contributed by atoms with Crippen molar-refractivity contribution in [3.05, 3.63) is 65.4 Å². The molecule has 1 amide bonds. The lowest BCUT2D eigenvalue weighted by Crippen LogP contribution is -2.36. The van der Waals surface area contributed by atoms with Gasteiger partial charge in [0.15, 0.2) is 0 Å². The SMILES string of the molecule is COc1ccc2[nH]cc(CC(=O)N(C3CC3)C(C)c3cccc(C(F)(F)F)c3)c2c1. The highest BCUT2D eigenvalue weighted by molar-refractivity contribution is 5.90. The molecule has 1 aromatic heterocycles. The zero-order chi connectivity index (χ0) is 21.5. The number of carbonyl (C=O) groups is 1. The number of carbonyl (C=O) groups excluding carboxylic acids is 1. The Kier molecular flexibility index (Phi) is 5.22. The van der Waals surface area contributed by atoms with Crippen molar-refractivity contribution in [2.75, 3.05) is 7.11 Å². The Morgan fingerprint density at radius 2 is 2.00 bits per heavy atom. The molecule has 1 unspecified atom stereocenters. The van der Waals surface area contributed by atoms with E-state index in [-0.39, 0.29) is 18.4 Å². The van der Waals surface area contributed by atoms with Gasteiger partial charge in [-0.25, -0.2) is 0 Å². The number of hydrogen-bond donors (Lipinski definition) is 1. The Morgan fingerprint density at radius 1 is 1.23 bits per heavy atom. The number of rotatable bonds is 6. The van der Waals surface area contributed by atoms with Crippen LogP contribution in [-0.2, 0) is 17.4 Å². The fraction of sp³-hybridized carbons (Fsp3) is 0.348. The zero-order valence-electron chi connectivity index (χ0n) is 16.8. The van der Waals surface area contributed by atoms with Gasteiger partial charge in [0.25, 0.3) is 0 Å². The Labute approximate surface area is 172 Å². The van der Waals surface area contributed by atoms with Gasteiger partial charge < -0.3 is 14.6 Å². The summed E-state index contributed by atoms with van der Waals surface area (Å²) in [6.07, 6.45) is -0.685. The van der Waals surface area contributed by atoms with E-state index in [9.17, 15) is 18.0 Å². The van der Waals surface area contributed by atoms with E-state index < -0.39 is 17.8 Å². The number of halogens is 3. The second-order valence-corrected chi connectivity index (χ2v) is 7.73. The molecule has 4 rings (SSSR count). The van der Waals surface area contributed by atoms with Crippen LogP contribution in [0.5, 0.6) is 5.75 Å². The first-order chi connectivity index (χ1) is 14.3. The quantitative estimate of drug-likeness (QED) is 0.578. The van der Waals surface area contributed by atoms with Gasteiger partial charge in [0, 0.05) is 23.1 Å². The molecule has 0 aliphatic heterocycles. The second-order valence-electron chi connectivity index (χ2n) is 7.73. The predicted molar refractivity (Wildman–Crippen MR) is 108 cm³/mol. The molecule has 1 aliphatic rings. The molecule has 0 saturated heterocycles. The summed E-state index contributed by atoms with van der Waals surface area (Å²) < 4.78 is 44.7. The summed E-state index contributed by atoms with van der Waals surface area (Å²) in [7, 11) is 1.59. The van der Waals surface area contributed by atoms with Crippen molar-refractivity contribution in [2.24, 2.45) is 0 Å². The van der Waals surface area contributed by atoms with Crippen molar-refractivity contribution in [1.82, 2.24) is 9.88 Å². The van der Waals surface area contributed by atoms with Gasteiger partial charge in [-0.15, -0.1) is 0 Å². The molecule has 0 radical (unpaired) electrons. The summed E-state index contributed by atoms with van der Waals surface area (Å²) in [6, 6.07) is 10.5. The molecule has 0 bridgehead atoms. The summed E-state index contributed by atoms with van der Waals surface area (Å²) in [6.45, 7) is 1.80. The number of H-pyrrole nitrogens is 1. The third-order valence-corrected chi connectivity index (χ3v) is 5.66. The normalized spacial score (nSPS) is 15.2. The molecule has 1 heterocycles. The van der Waals surface area contributed by atoms with Crippen LogP contribution in [0, 0.1) is 0 Å². The standard InChI is InChI=1S/C23H23F3N2O2/c1-14(15-4-3-5-17(10-15)23(24,25)26)28(18-6-7-18)22(29)11-16-13-27-21-9-8-19(30-2)12-20(16)21/h3-5,8-10,12-14,18,27H,6-7,11H2,1-2H3. The average Bonchev–Trinajstić information content (AvgIpc) is 3.48. The molecule has 4 nitrogen and oxygen atoms in total. The van der Waals surface area contributed by atoms with Crippen LogP contribution in [-0.4, -0.2) is 28.9 Å². The minimum atomic E-state index is -4.41. The smallest absolute Gasteiger partial charge is 0.416 e. The Hall–Kier alpha value is -2.96. The van der Waals surface area contributed by atoms with E-state index in [4.69, 9.17) is 4.74 Å². The van der Waals surface area contributed by atoms with Crippen LogP contribution in [0.2, 0.25) is 0 Å². The van der Waals surface area contributed by atoms with Gasteiger partial charge in [0.05, 0.1) is 25.1 Å². The fourth-order valence-electron chi connectivity index (χ4n) is 3.91. The summed E-state index contributed by atoms with van der Waals surface area (Å²) >= 11 is 0. The van der Waals surface area contributed by atoms with Crippen molar-refractivity contribution >= 4 is 16.8 Å². The zero-order valence-corrected chi connectivity index (χ0v) is 16.8. The molecule has 1 atom stereocenters. The number of nitrogens with one attached hydrogen (secondary N) is 1. The molecule has 1 fully saturated rings. The van der Waals surface area contributed by atoms with E-state index in [1.165, 1.54) is 6.07 Å². The summed E-state index contributed by atoms with van der Waals surface area (Å²) in [5.74, 6) is 0.610. The number of benzene rings is 2. The van der Waals surface area contributed by atoms with Gasteiger partial charge in [-0.1, -0.05) is 12.1 Å². The van der Waals surface area contributed by atoms with E-state index in [0.29, 0.717) is 11.3 Å². The molecule has 158 valence electrons. The molecule has 1 aliphatic carbocycles. The van der Waals surface area contributed by atoms with E-state index in [2.05, 4.69) is 4.98 Å². The van der Waals surface area contributed by atoms with Crippen LogP contribution < -0.4 is 4.74 Å². The number of aromatic nitrogens is 1. The van der Waals surface area contributed by atoms with E-state index in [1.54, 1.807) is 25.0 Å². The first-order valence-electron chi connectivity index (χ1n) is 9.90. The van der Waals surface area contributed by atoms with Crippen LogP contribution in [0.4, 0.5) is 13.2 Å². The van der Waals surface area contributed by atoms with Crippen molar-refractivity contribution in [1.29, 1.82) is 0 Å². The molecule has 1 saturated carbocycles. The lowest BCUT2D eigenvalue weighted by atomic mass is 10.0. The third-order valence-electron chi connectivity index (χ3n) is 5.66. The highest BCUT2D eigenvalue weighted by Gasteiger charge is 2.37. The number of ether oxygens (including phenoxy) is 1. The first kappa shape index (κ1) is 20.3. The topological polar surface area (TPSA) is 45.3 Å². The minimum Gasteiger partial charge on any atom is -0.497 e. The number of amides is 1. The van der Waals surface area contributed by atoms with Crippen LogP contribution in [0.25, 0.3) is 10.9 Å². The van der Waals surface area contributed by atoms with Crippen molar-refractivity contribution in [3.63, 3.8) is 0 Å². The molecule has 2 aromatic carbocycles. The van der Waals surface area contributed by atoms with Crippen LogP contribution in [0.15, 0.2) is 48.7 Å². The Morgan fingerprint density at radius 3 is 2.67 bits per heavy atom. The molecular formula is C23H23F3N2O2. The van der Waals surface area contributed by atoms with Gasteiger partial charge in [0.1, 0.15) is 5.75 Å². The molecule has 3 aromatic rings.